The predicted molar refractivity (Wildman–Crippen MR) is 137 cm³/mol. The highest BCUT2D eigenvalue weighted by Gasteiger charge is 2.29. The number of primary amides is 1. The molecule has 0 fully saturated rings. The van der Waals surface area contributed by atoms with Crippen LogP contribution in [0.3, 0.4) is 0 Å². The number of nitrogens with two attached hydrogens (primary N) is 1. The first-order valence-electron chi connectivity index (χ1n) is 11.7. The largest absolute Gasteiger partial charge is 0.369 e. The van der Waals surface area contributed by atoms with E-state index in [9.17, 15) is 14.4 Å². The molecular weight excluding hydrogens is 440 g/mol. The fourth-order valence-electron chi connectivity index (χ4n) is 4.64. The van der Waals surface area contributed by atoms with Gasteiger partial charge in [0.2, 0.25) is 5.91 Å². The summed E-state index contributed by atoms with van der Waals surface area (Å²) in [7, 11) is 1.88. The van der Waals surface area contributed by atoms with Crippen LogP contribution in [0.5, 0.6) is 0 Å². The zero-order valence-corrected chi connectivity index (χ0v) is 20.0. The van der Waals surface area contributed by atoms with E-state index in [0.717, 1.165) is 29.7 Å². The lowest BCUT2D eigenvalue weighted by Crippen LogP contribution is -2.34. The van der Waals surface area contributed by atoms with E-state index in [1.165, 1.54) is 0 Å². The molecule has 3 N–H and O–H groups in total. The van der Waals surface area contributed by atoms with Gasteiger partial charge in [0.25, 0.3) is 11.8 Å². The van der Waals surface area contributed by atoms with Crippen LogP contribution in [0, 0.1) is 6.92 Å². The average Bonchev–Trinajstić information content (AvgIpc) is 3.04. The Labute approximate surface area is 205 Å². The van der Waals surface area contributed by atoms with Crippen molar-refractivity contribution in [2.24, 2.45) is 5.73 Å². The number of benzene rings is 3. The minimum atomic E-state index is -0.378. The van der Waals surface area contributed by atoms with Gasteiger partial charge in [-0.1, -0.05) is 36.4 Å². The van der Waals surface area contributed by atoms with E-state index in [1.54, 1.807) is 35.2 Å². The zero-order chi connectivity index (χ0) is 24.9. The van der Waals surface area contributed by atoms with E-state index in [-0.39, 0.29) is 30.3 Å². The number of fused-ring (bicyclic) bond motifs is 1. The molecule has 1 heterocycles. The fraction of sp³-hybridized carbons (Fsp3) is 0.250. The first-order valence-corrected chi connectivity index (χ1v) is 11.7. The van der Waals surface area contributed by atoms with Crippen molar-refractivity contribution in [3.05, 3.63) is 95.1 Å². The zero-order valence-electron chi connectivity index (χ0n) is 20.0. The number of para-hydroxylation sites is 1. The van der Waals surface area contributed by atoms with Crippen LogP contribution in [0.25, 0.3) is 0 Å². The molecule has 4 rings (SSSR count). The molecule has 35 heavy (non-hydrogen) atoms. The lowest BCUT2D eigenvalue weighted by Gasteiger charge is -2.28. The van der Waals surface area contributed by atoms with Crippen molar-refractivity contribution >= 4 is 29.1 Å². The first kappa shape index (κ1) is 24.2. The normalized spacial score (nSPS) is 15.3. The summed E-state index contributed by atoms with van der Waals surface area (Å²) < 4.78 is 0. The number of hydrogen-bond acceptors (Lipinski definition) is 4. The highest BCUT2D eigenvalue weighted by Crippen LogP contribution is 2.36. The summed E-state index contributed by atoms with van der Waals surface area (Å²) in [5.41, 5.74) is 9.95. The number of likely N-dealkylation sites (N-methyl/N-ethyl adjacent to an activating group) is 1. The third-order valence-corrected chi connectivity index (χ3v) is 6.41. The standard InChI is InChI=1S/C28H30N4O3/c1-19-8-3-4-9-22(19)27(34)30-21-15-13-20(14-16-21)28(35)32-17-7-12-24(31(2)18-26(29)33)23-10-5-6-11-25(23)32/h3-6,8-11,13-16,24H,7,12,17-18H2,1-2H3,(H2,29,33)(H,30,34). The molecule has 7 heteroatoms. The van der Waals surface area contributed by atoms with Gasteiger partial charge in [-0.25, -0.2) is 0 Å². The Morgan fingerprint density at radius 2 is 1.69 bits per heavy atom. The Hall–Kier alpha value is -3.97. The third-order valence-electron chi connectivity index (χ3n) is 6.41. The molecular formula is C28H30N4O3. The predicted octanol–water partition coefficient (Wildman–Crippen LogP) is 4.15. The minimum Gasteiger partial charge on any atom is -0.369 e. The molecule has 180 valence electrons. The van der Waals surface area contributed by atoms with Gasteiger partial charge in [-0.15, -0.1) is 0 Å². The highest BCUT2D eigenvalue weighted by atomic mass is 16.2. The Morgan fingerprint density at radius 3 is 2.40 bits per heavy atom. The maximum Gasteiger partial charge on any atom is 0.258 e. The van der Waals surface area contributed by atoms with Crippen LogP contribution in [-0.4, -0.2) is 42.8 Å². The van der Waals surface area contributed by atoms with Crippen molar-refractivity contribution in [1.29, 1.82) is 0 Å². The van der Waals surface area contributed by atoms with Gasteiger partial charge in [0.1, 0.15) is 0 Å². The highest BCUT2D eigenvalue weighted by molar-refractivity contribution is 6.08. The van der Waals surface area contributed by atoms with Gasteiger partial charge in [0, 0.05) is 35.1 Å². The Bertz CT molecular complexity index is 1240. The van der Waals surface area contributed by atoms with Crippen LogP contribution >= 0.6 is 0 Å². The summed E-state index contributed by atoms with van der Waals surface area (Å²) in [5, 5.41) is 2.90. The van der Waals surface area contributed by atoms with E-state index in [0.29, 0.717) is 23.4 Å². The topological polar surface area (TPSA) is 95.7 Å². The summed E-state index contributed by atoms with van der Waals surface area (Å²) >= 11 is 0. The lowest BCUT2D eigenvalue weighted by molar-refractivity contribution is -0.119. The molecule has 1 atom stereocenters. The van der Waals surface area contributed by atoms with Crippen LogP contribution in [0.1, 0.15) is 50.7 Å². The van der Waals surface area contributed by atoms with Crippen LogP contribution in [0.15, 0.2) is 72.8 Å². The first-order chi connectivity index (χ1) is 16.8. The lowest BCUT2D eigenvalue weighted by atomic mass is 10.00. The molecule has 1 aliphatic rings. The second-order valence-electron chi connectivity index (χ2n) is 8.90. The van der Waals surface area contributed by atoms with Crippen LogP contribution in [0.4, 0.5) is 11.4 Å². The van der Waals surface area contributed by atoms with Crippen molar-refractivity contribution < 1.29 is 14.4 Å². The number of aryl methyl sites for hydroxylation is 1. The summed E-state index contributed by atoms with van der Waals surface area (Å²) in [6.07, 6.45) is 1.60. The van der Waals surface area contributed by atoms with Crippen molar-refractivity contribution in [3.63, 3.8) is 0 Å². The molecule has 0 bridgehead atoms. The van der Waals surface area contributed by atoms with E-state index < -0.39 is 0 Å². The fourth-order valence-corrected chi connectivity index (χ4v) is 4.64. The maximum absolute atomic E-state index is 13.5. The molecule has 7 nitrogen and oxygen atoms in total. The van der Waals surface area contributed by atoms with Gasteiger partial charge in [0.15, 0.2) is 0 Å². The van der Waals surface area contributed by atoms with Gasteiger partial charge < -0.3 is 16.0 Å². The van der Waals surface area contributed by atoms with Gasteiger partial charge in [-0.2, -0.15) is 0 Å². The average molecular weight is 471 g/mol. The number of carbonyl (C=O) groups is 3. The van der Waals surface area contributed by atoms with E-state index in [2.05, 4.69) is 5.32 Å². The number of hydrogen-bond donors (Lipinski definition) is 2. The van der Waals surface area contributed by atoms with Crippen molar-refractivity contribution in [2.75, 3.05) is 30.4 Å². The van der Waals surface area contributed by atoms with Crippen LogP contribution in [0.2, 0.25) is 0 Å². The van der Waals surface area contributed by atoms with Gasteiger partial charge in [-0.3, -0.25) is 19.3 Å². The van der Waals surface area contributed by atoms with Gasteiger partial charge in [0.05, 0.1) is 6.54 Å². The molecule has 1 aliphatic heterocycles. The minimum absolute atomic E-state index is 0.00414. The SMILES string of the molecule is Cc1ccccc1C(=O)Nc1ccc(C(=O)N2CCCC(N(C)CC(N)=O)c3ccccc32)cc1. The molecule has 3 aromatic carbocycles. The van der Waals surface area contributed by atoms with Crippen molar-refractivity contribution in [2.45, 2.75) is 25.8 Å². The monoisotopic (exact) mass is 470 g/mol. The molecule has 1 unspecified atom stereocenters. The molecule has 0 spiro atoms. The van der Waals surface area contributed by atoms with E-state index >= 15 is 0 Å². The molecule has 0 radical (unpaired) electrons. The van der Waals surface area contributed by atoms with E-state index in [1.807, 2.05) is 61.3 Å². The summed E-state index contributed by atoms with van der Waals surface area (Å²) in [6, 6.07) is 22.2. The summed E-state index contributed by atoms with van der Waals surface area (Å²) in [5.74, 6) is -0.668. The molecule has 0 aromatic heterocycles. The number of nitrogens with one attached hydrogen (secondary N) is 1. The molecule has 3 aromatic rings. The summed E-state index contributed by atoms with van der Waals surface area (Å²) in [6.45, 7) is 2.62. The number of anilines is 2. The van der Waals surface area contributed by atoms with Crippen molar-refractivity contribution in [3.8, 4) is 0 Å². The van der Waals surface area contributed by atoms with Crippen LogP contribution in [-0.2, 0) is 4.79 Å². The quantitative estimate of drug-likeness (QED) is 0.566. The maximum atomic E-state index is 13.5. The number of amides is 3. The smallest absolute Gasteiger partial charge is 0.258 e. The molecule has 0 saturated carbocycles. The molecule has 0 saturated heterocycles. The Morgan fingerprint density at radius 1 is 1.00 bits per heavy atom. The second-order valence-corrected chi connectivity index (χ2v) is 8.90. The number of nitrogens with zero attached hydrogens (tertiary/aromatic N) is 2. The molecule has 3 amide bonds. The molecule has 0 aliphatic carbocycles. The van der Waals surface area contributed by atoms with Gasteiger partial charge in [-0.05, 0) is 74.3 Å². The van der Waals surface area contributed by atoms with Gasteiger partial charge >= 0.3 is 0 Å². The Kier molecular flexibility index (Phi) is 7.27. The third kappa shape index (κ3) is 5.41. The van der Waals surface area contributed by atoms with E-state index in [4.69, 9.17) is 5.73 Å². The number of carbonyl (C=O) groups excluding carboxylic acids is 3. The van der Waals surface area contributed by atoms with Crippen molar-refractivity contribution in [1.82, 2.24) is 4.90 Å². The van der Waals surface area contributed by atoms with Crippen LogP contribution < -0.4 is 16.0 Å². The second kappa shape index (κ2) is 10.5. The summed E-state index contributed by atoms with van der Waals surface area (Å²) in [4.78, 5) is 41.4. The Balaban J connectivity index is 1.54. The number of rotatable bonds is 6.